The monoisotopic (exact) mass is 428 g/mol. The highest BCUT2D eigenvalue weighted by Crippen LogP contribution is 2.28. The molecule has 1 fully saturated rings. The van der Waals surface area contributed by atoms with E-state index in [9.17, 15) is 4.79 Å². The molecule has 2 aromatic heterocycles. The van der Waals surface area contributed by atoms with Crippen LogP contribution in [0.3, 0.4) is 0 Å². The molecule has 1 aliphatic rings. The maximum Gasteiger partial charge on any atom is 0.259 e. The number of carbonyl (C=O) groups is 1. The van der Waals surface area contributed by atoms with Gasteiger partial charge in [0.25, 0.3) is 5.91 Å². The Hall–Kier alpha value is -3.25. The molecule has 0 unspecified atom stereocenters. The Morgan fingerprint density at radius 2 is 1.87 bits per heavy atom. The number of nitrogens with one attached hydrogen (secondary N) is 1. The SMILES string of the molecule is Cc1cnc(NC(=O)c2cccc3ccc(-c4cccc(N5CCCCC5)c4)nc23)s1. The van der Waals surface area contributed by atoms with E-state index >= 15 is 0 Å². The topological polar surface area (TPSA) is 58.1 Å². The van der Waals surface area contributed by atoms with E-state index in [1.54, 1.807) is 6.20 Å². The summed E-state index contributed by atoms with van der Waals surface area (Å²) in [6.07, 6.45) is 5.56. The summed E-state index contributed by atoms with van der Waals surface area (Å²) in [6, 6.07) is 18.3. The molecule has 0 bridgehead atoms. The molecule has 1 amide bonds. The van der Waals surface area contributed by atoms with Crippen molar-refractivity contribution >= 4 is 39.0 Å². The Morgan fingerprint density at radius 1 is 1.03 bits per heavy atom. The number of pyridine rings is 1. The maximum atomic E-state index is 13.0. The molecule has 4 aromatic rings. The predicted octanol–water partition coefficient (Wildman–Crippen LogP) is 5.91. The number of fused-ring (bicyclic) bond motifs is 1. The van der Waals surface area contributed by atoms with Crippen molar-refractivity contribution in [2.45, 2.75) is 26.2 Å². The minimum absolute atomic E-state index is 0.188. The number of hydrogen-bond acceptors (Lipinski definition) is 5. The van der Waals surface area contributed by atoms with Crippen LogP contribution in [-0.4, -0.2) is 29.0 Å². The molecule has 0 radical (unpaired) electrons. The number of para-hydroxylation sites is 1. The molecule has 0 aliphatic carbocycles. The third kappa shape index (κ3) is 4.16. The fourth-order valence-corrected chi connectivity index (χ4v) is 4.74. The molecular formula is C25H24N4OS. The highest BCUT2D eigenvalue weighted by molar-refractivity contribution is 7.15. The van der Waals surface area contributed by atoms with Crippen LogP contribution >= 0.6 is 11.3 Å². The lowest BCUT2D eigenvalue weighted by molar-refractivity contribution is 0.102. The number of rotatable bonds is 4. The Labute approximate surface area is 185 Å². The second-order valence-electron chi connectivity index (χ2n) is 7.90. The summed E-state index contributed by atoms with van der Waals surface area (Å²) >= 11 is 1.46. The first-order chi connectivity index (χ1) is 15.2. The highest BCUT2D eigenvalue weighted by atomic mass is 32.1. The highest BCUT2D eigenvalue weighted by Gasteiger charge is 2.15. The lowest BCUT2D eigenvalue weighted by atomic mass is 10.0. The molecule has 0 spiro atoms. The van der Waals surface area contributed by atoms with Crippen molar-refractivity contribution < 1.29 is 4.79 Å². The van der Waals surface area contributed by atoms with E-state index in [-0.39, 0.29) is 5.91 Å². The van der Waals surface area contributed by atoms with E-state index in [4.69, 9.17) is 4.98 Å². The second-order valence-corrected chi connectivity index (χ2v) is 9.14. The summed E-state index contributed by atoms with van der Waals surface area (Å²) in [6.45, 7) is 4.18. The number of aromatic nitrogens is 2. The quantitative estimate of drug-likeness (QED) is 0.439. The van der Waals surface area contributed by atoms with Gasteiger partial charge in [-0.2, -0.15) is 0 Å². The molecule has 2 aromatic carbocycles. The number of nitrogens with zero attached hydrogens (tertiary/aromatic N) is 3. The fraction of sp³-hybridized carbons (Fsp3) is 0.240. The zero-order valence-electron chi connectivity index (χ0n) is 17.5. The van der Waals surface area contributed by atoms with Gasteiger partial charge >= 0.3 is 0 Å². The van der Waals surface area contributed by atoms with Crippen molar-refractivity contribution in [1.82, 2.24) is 9.97 Å². The molecule has 3 heterocycles. The van der Waals surface area contributed by atoms with Crippen LogP contribution < -0.4 is 10.2 Å². The van der Waals surface area contributed by atoms with Gasteiger partial charge in [-0.05, 0) is 50.5 Å². The van der Waals surface area contributed by atoms with Crippen LogP contribution in [0.2, 0.25) is 0 Å². The fourth-order valence-electron chi connectivity index (χ4n) is 4.08. The van der Waals surface area contributed by atoms with E-state index < -0.39 is 0 Å². The van der Waals surface area contributed by atoms with Crippen molar-refractivity contribution in [2.24, 2.45) is 0 Å². The summed E-state index contributed by atoms with van der Waals surface area (Å²) in [4.78, 5) is 25.6. The van der Waals surface area contributed by atoms with E-state index in [0.29, 0.717) is 16.2 Å². The molecule has 5 rings (SSSR count). The average Bonchev–Trinajstić information content (AvgIpc) is 3.23. The van der Waals surface area contributed by atoms with E-state index in [2.05, 4.69) is 39.5 Å². The van der Waals surface area contributed by atoms with E-state index in [1.165, 1.54) is 36.3 Å². The van der Waals surface area contributed by atoms with Gasteiger partial charge in [-0.1, -0.05) is 30.3 Å². The second kappa shape index (κ2) is 8.47. The molecule has 6 heteroatoms. The van der Waals surface area contributed by atoms with Gasteiger partial charge in [-0.25, -0.2) is 9.97 Å². The average molecular weight is 429 g/mol. The molecule has 0 atom stereocenters. The summed E-state index contributed by atoms with van der Waals surface area (Å²) in [5.74, 6) is -0.188. The van der Waals surface area contributed by atoms with Crippen LogP contribution in [0.15, 0.2) is 60.8 Å². The number of carbonyl (C=O) groups excluding carboxylic acids is 1. The van der Waals surface area contributed by atoms with Gasteiger partial charge in [0.2, 0.25) is 0 Å². The van der Waals surface area contributed by atoms with Crippen LogP contribution in [0.1, 0.15) is 34.5 Å². The number of piperidine rings is 1. The van der Waals surface area contributed by atoms with Gasteiger partial charge in [0.15, 0.2) is 5.13 Å². The van der Waals surface area contributed by atoms with Crippen molar-refractivity contribution in [3.05, 3.63) is 71.2 Å². The molecule has 5 nitrogen and oxygen atoms in total. The predicted molar refractivity (Wildman–Crippen MR) is 128 cm³/mol. The van der Waals surface area contributed by atoms with Gasteiger partial charge in [0.05, 0.1) is 16.8 Å². The number of anilines is 2. The third-order valence-corrected chi connectivity index (χ3v) is 6.50. The number of aryl methyl sites for hydroxylation is 1. The first kappa shape index (κ1) is 19.7. The zero-order chi connectivity index (χ0) is 21.2. The first-order valence-electron chi connectivity index (χ1n) is 10.7. The minimum Gasteiger partial charge on any atom is -0.372 e. The zero-order valence-corrected chi connectivity index (χ0v) is 18.3. The van der Waals surface area contributed by atoms with Gasteiger partial charge in [-0.3, -0.25) is 10.1 Å². The molecule has 1 aliphatic heterocycles. The molecule has 156 valence electrons. The minimum atomic E-state index is -0.188. The summed E-state index contributed by atoms with van der Waals surface area (Å²) in [5.41, 5.74) is 4.44. The molecule has 0 saturated carbocycles. The standard InChI is InChI=1S/C25H24N4OS/c1-17-16-26-25(31-17)28-24(30)21-10-6-7-18-11-12-22(27-23(18)21)19-8-5-9-20(15-19)29-13-3-2-4-14-29/h5-12,15-16H,2-4,13-14H2,1H3,(H,26,28,30). The Bertz CT molecular complexity index is 1240. The lowest BCUT2D eigenvalue weighted by Crippen LogP contribution is -2.29. The lowest BCUT2D eigenvalue weighted by Gasteiger charge is -2.29. The number of thiazole rings is 1. The van der Waals surface area contributed by atoms with Crippen LogP contribution in [0.5, 0.6) is 0 Å². The maximum absolute atomic E-state index is 13.0. The van der Waals surface area contributed by atoms with Crippen molar-refractivity contribution in [3.8, 4) is 11.3 Å². The third-order valence-electron chi connectivity index (χ3n) is 5.67. The summed E-state index contributed by atoms with van der Waals surface area (Å²) in [7, 11) is 0. The van der Waals surface area contributed by atoms with Crippen molar-refractivity contribution in [3.63, 3.8) is 0 Å². The molecule has 31 heavy (non-hydrogen) atoms. The Kier molecular flexibility index (Phi) is 5.38. The number of amides is 1. The number of benzene rings is 2. The van der Waals surface area contributed by atoms with Gasteiger partial charge in [0.1, 0.15) is 0 Å². The van der Waals surface area contributed by atoms with E-state index in [0.717, 1.165) is 34.6 Å². The van der Waals surface area contributed by atoms with Gasteiger partial charge in [-0.15, -0.1) is 11.3 Å². The number of hydrogen-bond donors (Lipinski definition) is 1. The van der Waals surface area contributed by atoms with Crippen molar-refractivity contribution in [2.75, 3.05) is 23.3 Å². The van der Waals surface area contributed by atoms with E-state index in [1.807, 2.05) is 37.3 Å². The molecular weight excluding hydrogens is 404 g/mol. The van der Waals surface area contributed by atoms with Gasteiger partial charge in [0, 0.05) is 40.8 Å². The summed E-state index contributed by atoms with van der Waals surface area (Å²) < 4.78 is 0. The smallest absolute Gasteiger partial charge is 0.259 e. The largest absolute Gasteiger partial charge is 0.372 e. The summed E-state index contributed by atoms with van der Waals surface area (Å²) in [5, 5.41) is 4.45. The first-order valence-corrected chi connectivity index (χ1v) is 11.5. The van der Waals surface area contributed by atoms with Crippen molar-refractivity contribution in [1.29, 1.82) is 0 Å². The normalized spacial score (nSPS) is 14.0. The van der Waals surface area contributed by atoms with Crippen LogP contribution in [0, 0.1) is 6.92 Å². The van der Waals surface area contributed by atoms with Crippen LogP contribution in [-0.2, 0) is 0 Å². The Balaban J connectivity index is 1.49. The Morgan fingerprint density at radius 3 is 2.68 bits per heavy atom. The van der Waals surface area contributed by atoms with Crippen LogP contribution in [0.4, 0.5) is 10.8 Å². The molecule has 1 saturated heterocycles. The molecule has 1 N–H and O–H groups in total. The van der Waals surface area contributed by atoms with Gasteiger partial charge < -0.3 is 4.90 Å². The van der Waals surface area contributed by atoms with Crippen LogP contribution in [0.25, 0.3) is 22.2 Å².